The molecule has 2 rings (SSSR count). The molecule has 9 heteroatoms. The second-order valence-electron chi connectivity index (χ2n) is 5.52. The molecule has 1 aromatic heterocycles. The standard InChI is InChI=1S/C15H18ClFN4OS2/c1-8(2)7-18-14-20-21-15(24-14)23-9(3)13(22)19-12-5-4-10(17)6-11(12)16/h4-6,8-9H,7H2,1-3H3,(H,18,20)(H,19,22)/t9-/m1/s1. The van der Waals surface area contributed by atoms with Crippen LogP contribution in [0.4, 0.5) is 15.2 Å². The summed E-state index contributed by atoms with van der Waals surface area (Å²) >= 11 is 8.63. The van der Waals surface area contributed by atoms with Crippen LogP contribution in [0.15, 0.2) is 22.5 Å². The summed E-state index contributed by atoms with van der Waals surface area (Å²) in [7, 11) is 0. The van der Waals surface area contributed by atoms with Crippen molar-refractivity contribution in [2.24, 2.45) is 5.92 Å². The van der Waals surface area contributed by atoms with Crippen LogP contribution >= 0.6 is 34.7 Å². The smallest absolute Gasteiger partial charge is 0.237 e. The molecule has 0 aliphatic carbocycles. The van der Waals surface area contributed by atoms with Gasteiger partial charge in [-0.15, -0.1) is 10.2 Å². The molecule has 0 bridgehead atoms. The van der Waals surface area contributed by atoms with Crippen molar-refractivity contribution in [2.75, 3.05) is 17.2 Å². The van der Waals surface area contributed by atoms with E-state index in [2.05, 4.69) is 34.7 Å². The van der Waals surface area contributed by atoms with Crippen molar-refractivity contribution < 1.29 is 9.18 Å². The monoisotopic (exact) mass is 388 g/mol. The summed E-state index contributed by atoms with van der Waals surface area (Å²) in [5.74, 6) is -0.175. The number of hydrogen-bond acceptors (Lipinski definition) is 6. The number of hydrogen-bond donors (Lipinski definition) is 2. The van der Waals surface area contributed by atoms with Gasteiger partial charge < -0.3 is 10.6 Å². The van der Waals surface area contributed by atoms with E-state index in [4.69, 9.17) is 11.6 Å². The number of nitrogens with zero attached hydrogens (tertiary/aromatic N) is 2. The summed E-state index contributed by atoms with van der Waals surface area (Å²) in [4.78, 5) is 12.2. The van der Waals surface area contributed by atoms with Crippen molar-refractivity contribution in [3.63, 3.8) is 0 Å². The summed E-state index contributed by atoms with van der Waals surface area (Å²) in [5.41, 5.74) is 0.382. The van der Waals surface area contributed by atoms with Gasteiger partial charge in [0.05, 0.1) is 16.0 Å². The third-order valence-corrected chi connectivity index (χ3v) is 5.28. The molecule has 1 amide bonds. The molecule has 5 nitrogen and oxygen atoms in total. The Balaban J connectivity index is 1.91. The number of aromatic nitrogens is 2. The zero-order chi connectivity index (χ0) is 17.7. The molecule has 1 heterocycles. The summed E-state index contributed by atoms with van der Waals surface area (Å²) in [6.45, 7) is 6.80. The highest BCUT2D eigenvalue weighted by atomic mass is 35.5. The Bertz CT molecular complexity index is 711. The van der Waals surface area contributed by atoms with E-state index in [1.807, 2.05) is 0 Å². The minimum absolute atomic E-state index is 0.164. The van der Waals surface area contributed by atoms with E-state index in [9.17, 15) is 9.18 Å². The van der Waals surface area contributed by atoms with Gasteiger partial charge in [0.2, 0.25) is 11.0 Å². The van der Waals surface area contributed by atoms with Crippen LogP contribution in [-0.4, -0.2) is 27.9 Å². The van der Waals surface area contributed by atoms with E-state index < -0.39 is 11.1 Å². The fourth-order valence-electron chi connectivity index (χ4n) is 1.65. The fraction of sp³-hybridized carbons (Fsp3) is 0.400. The highest BCUT2D eigenvalue weighted by Crippen LogP contribution is 2.30. The van der Waals surface area contributed by atoms with Gasteiger partial charge in [0.25, 0.3) is 0 Å². The van der Waals surface area contributed by atoms with Crippen LogP contribution in [0, 0.1) is 11.7 Å². The van der Waals surface area contributed by atoms with Crippen LogP contribution in [0.25, 0.3) is 0 Å². The summed E-state index contributed by atoms with van der Waals surface area (Å²) in [5, 5.41) is 14.5. The number of rotatable bonds is 7. The summed E-state index contributed by atoms with van der Waals surface area (Å²) in [6.07, 6.45) is 0. The molecular weight excluding hydrogens is 371 g/mol. The number of nitrogens with one attached hydrogen (secondary N) is 2. The Morgan fingerprint density at radius 1 is 1.38 bits per heavy atom. The third-order valence-electron chi connectivity index (χ3n) is 2.90. The first-order chi connectivity index (χ1) is 11.3. The first-order valence-electron chi connectivity index (χ1n) is 7.35. The predicted molar refractivity (Wildman–Crippen MR) is 98.6 cm³/mol. The van der Waals surface area contributed by atoms with E-state index in [0.717, 1.165) is 17.7 Å². The molecule has 2 aromatic rings. The van der Waals surface area contributed by atoms with Gasteiger partial charge in [-0.05, 0) is 31.0 Å². The number of thioether (sulfide) groups is 1. The molecule has 0 radical (unpaired) electrons. The molecule has 0 spiro atoms. The number of carbonyl (C=O) groups is 1. The van der Waals surface area contributed by atoms with Gasteiger partial charge in [-0.3, -0.25) is 4.79 Å². The Labute approximate surface area is 153 Å². The lowest BCUT2D eigenvalue weighted by Gasteiger charge is -2.11. The average molecular weight is 389 g/mol. The zero-order valence-electron chi connectivity index (χ0n) is 13.5. The molecule has 1 atom stereocenters. The Morgan fingerprint density at radius 2 is 2.12 bits per heavy atom. The highest BCUT2D eigenvalue weighted by molar-refractivity contribution is 8.02. The number of amides is 1. The molecule has 0 unspecified atom stereocenters. The van der Waals surface area contributed by atoms with Gasteiger partial charge in [0.15, 0.2) is 4.34 Å². The van der Waals surface area contributed by atoms with Crippen LogP contribution in [-0.2, 0) is 4.79 Å². The molecule has 0 aliphatic rings. The van der Waals surface area contributed by atoms with E-state index in [0.29, 0.717) is 15.9 Å². The number of anilines is 2. The number of benzene rings is 1. The van der Waals surface area contributed by atoms with Gasteiger partial charge in [-0.25, -0.2) is 4.39 Å². The highest BCUT2D eigenvalue weighted by Gasteiger charge is 2.18. The predicted octanol–water partition coefficient (Wildman–Crippen LogP) is 4.52. The lowest BCUT2D eigenvalue weighted by Crippen LogP contribution is -2.22. The van der Waals surface area contributed by atoms with Crippen molar-refractivity contribution in [2.45, 2.75) is 30.4 Å². The molecule has 0 saturated carbocycles. The molecule has 0 saturated heterocycles. The second-order valence-corrected chi connectivity index (χ2v) is 8.49. The fourth-order valence-corrected chi connectivity index (χ4v) is 3.77. The van der Waals surface area contributed by atoms with E-state index in [-0.39, 0.29) is 10.9 Å². The molecular formula is C15H18ClFN4OS2. The molecule has 0 fully saturated rings. The molecule has 24 heavy (non-hydrogen) atoms. The maximum atomic E-state index is 13.0. The Hall–Kier alpha value is -1.38. The Kier molecular flexibility index (Phi) is 6.82. The molecule has 130 valence electrons. The SMILES string of the molecule is CC(C)CNc1nnc(S[C@H](C)C(=O)Nc2ccc(F)cc2Cl)s1. The van der Waals surface area contributed by atoms with Crippen LogP contribution in [0.3, 0.4) is 0 Å². The van der Waals surface area contributed by atoms with Crippen molar-refractivity contribution in [1.29, 1.82) is 0 Å². The number of carbonyl (C=O) groups excluding carboxylic acids is 1. The van der Waals surface area contributed by atoms with Gasteiger partial charge >= 0.3 is 0 Å². The van der Waals surface area contributed by atoms with Gasteiger partial charge in [-0.1, -0.05) is 48.5 Å². The minimum Gasteiger partial charge on any atom is -0.360 e. The first-order valence-corrected chi connectivity index (χ1v) is 9.42. The summed E-state index contributed by atoms with van der Waals surface area (Å²) < 4.78 is 13.7. The maximum Gasteiger partial charge on any atom is 0.237 e. The van der Waals surface area contributed by atoms with Gasteiger partial charge in [0.1, 0.15) is 5.82 Å². The molecule has 2 N–H and O–H groups in total. The minimum atomic E-state index is -0.448. The summed E-state index contributed by atoms with van der Waals surface area (Å²) in [6, 6.07) is 3.84. The van der Waals surface area contributed by atoms with Crippen LogP contribution in [0.5, 0.6) is 0 Å². The van der Waals surface area contributed by atoms with Gasteiger partial charge in [-0.2, -0.15) is 0 Å². The largest absolute Gasteiger partial charge is 0.360 e. The normalized spacial score (nSPS) is 12.2. The average Bonchev–Trinajstić information content (AvgIpc) is 2.95. The van der Waals surface area contributed by atoms with Crippen molar-refractivity contribution >= 4 is 51.4 Å². The van der Waals surface area contributed by atoms with E-state index in [1.165, 1.54) is 35.2 Å². The van der Waals surface area contributed by atoms with E-state index in [1.54, 1.807) is 6.92 Å². The van der Waals surface area contributed by atoms with Gasteiger partial charge in [0, 0.05) is 6.54 Å². The quantitative estimate of drug-likeness (QED) is 0.682. The van der Waals surface area contributed by atoms with Crippen molar-refractivity contribution in [3.8, 4) is 0 Å². The third kappa shape index (κ3) is 5.61. The van der Waals surface area contributed by atoms with Crippen molar-refractivity contribution in [1.82, 2.24) is 10.2 Å². The lowest BCUT2D eigenvalue weighted by molar-refractivity contribution is -0.115. The zero-order valence-corrected chi connectivity index (χ0v) is 15.9. The van der Waals surface area contributed by atoms with Crippen LogP contribution in [0.1, 0.15) is 20.8 Å². The topological polar surface area (TPSA) is 66.9 Å². The Morgan fingerprint density at radius 3 is 2.79 bits per heavy atom. The second kappa shape index (κ2) is 8.64. The lowest BCUT2D eigenvalue weighted by atomic mass is 10.2. The molecule has 1 aromatic carbocycles. The maximum absolute atomic E-state index is 13.0. The van der Waals surface area contributed by atoms with Crippen LogP contribution < -0.4 is 10.6 Å². The van der Waals surface area contributed by atoms with E-state index >= 15 is 0 Å². The van der Waals surface area contributed by atoms with Crippen molar-refractivity contribution in [3.05, 3.63) is 29.0 Å². The number of halogens is 2. The molecule has 0 aliphatic heterocycles. The van der Waals surface area contributed by atoms with Crippen LogP contribution in [0.2, 0.25) is 5.02 Å². The first kappa shape index (κ1) is 19.0.